The van der Waals surface area contributed by atoms with E-state index in [1.807, 2.05) is 0 Å². The molecule has 1 heterocycles. The molecule has 2 heteroatoms. The molecule has 0 bridgehead atoms. The van der Waals surface area contributed by atoms with Crippen LogP contribution >= 0.6 is 0 Å². The Morgan fingerprint density at radius 3 is 1.41 bits per heavy atom. The van der Waals surface area contributed by atoms with E-state index in [0.717, 1.165) is 17.4 Å². The summed E-state index contributed by atoms with van der Waals surface area (Å²) in [6, 6.07) is 44.5. The van der Waals surface area contributed by atoms with Gasteiger partial charge in [0, 0.05) is 27.1 Å². The molecule has 158 valence electrons. The molecular formula is C30H30BN. The van der Waals surface area contributed by atoms with Crippen LogP contribution in [0.1, 0.15) is 17.5 Å². The van der Waals surface area contributed by atoms with Gasteiger partial charge >= 0.3 is 0 Å². The number of nitrogens with zero attached hydrogens (tertiary/aromatic N) is 1. The van der Waals surface area contributed by atoms with Gasteiger partial charge in [-0.3, -0.25) is 0 Å². The lowest BCUT2D eigenvalue weighted by Gasteiger charge is -2.61. The van der Waals surface area contributed by atoms with Gasteiger partial charge in [-0.1, -0.05) is 132 Å². The highest BCUT2D eigenvalue weighted by atomic mass is 15.3. The van der Waals surface area contributed by atoms with Crippen LogP contribution in [0, 0.1) is 0 Å². The zero-order valence-electron chi connectivity index (χ0n) is 19.0. The Morgan fingerprint density at radius 1 is 0.531 bits per heavy atom. The van der Waals surface area contributed by atoms with Crippen LogP contribution in [0.3, 0.4) is 0 Å². The molecule has 5 rings (SSSR count). The molecule has 0 atom stereocenters. The van der Waals surface area contributed by atoms with Crippen LogP contribution in [0.2, 0.25) is 0 Å². The average molecular weight is 415 g/mol. The van der Waals surface area contributed by atoms with E-state index < -0.39 is 6.28 Å². The third-order valence-electron chi connectivity index (χ3n) is 7.50. The lowest BCUT2D eigenvalue weighted by Crippen LogP contribution is -2.79. The van der Waals surface area contributed by atoms with E-state index in [1.54, 1.807) is 0 Å². The largest absolute Gasteiger partial charge is 0.508 e. The predicted molar refractivity (Wildman–Crippen MR) is 139 cm³/mol. The predicted octanol–water partition coefficient (Wildman–Crippen LogP) is 5.38. The van der Waals surface area contributed by atoms with Crippen molar-refractivity contribution in [3.63, 3.8) is 0 Å². The van der Waals surface area contributed by atoms with Crippen LogP contribution < -0.4 is 10.9 Å². The van der Waals surface area contributed by atoms with Crippen molar-refractivity contribution in [2.24, 2.45) is 0 Å². The molecule has 32 heavy (non-hydrogen) atoms. The first-order valence-corrected chi connectivity index (χ1v) is 11.6. The smallest absolute Gasteiger partial charge is 0.291 e. The molecule has 4 aromatic rings. The van der Waals surface area contributed by atoms with Gasteiger partial charge < -0.3 is 4.39 Å². The summed E-state index contributed by atoms with van der Waals surface area (Å²) in [4.78, 5) is 0. The monoisotopic (exact) mass is 415 g/mol. The SMILES string of the molecule is C[N+]1(C)CCC(c2ccccc2)=C(c2ccccc2)[B-]1(c1ccccc1)c1ccccc1. The molecule has 0 fully saturated rings. The summed E-state index contributed by atoms with van der Waals surface area (Å²) < 4.78 is 0.925. The highest BCUT2D eigenvalue weighted by Gasteiger charge is 2.51. The molecule has 0 aromatic heterocycles. The van der Waals surface area contributed by atoms with Crippen LogP contribution in [0.15, 0.2) is 121 Å². The van der Waals surface area contributed by atoms with Crippen molar-refractivity contribution >= 4 is 28.3 Å². The quantitative estimate of drug-likeness (QED) is 0.393. The molecule has 0 radical (unpaired) electrons. The van der Waals surface area contributed by atoms with Crippen LogP contribution in [-0.2, 0) is 0 Å². The number of hydrogen-bond donors (Lipinski definition) is 0. The van der Waals surface area contributed by atoms with Gasteiger partial charge in [0.15, 0.2) is 0 Å². The van der Waals surface area contributed by atoms with E-state index >= 15 is 0 Å². The van der Waals surface area contributed by atoms with E-state index in [9.17, 15) is 0 Å². The van der Waals surface area contributed by atoms with Gasteiger partial charge in [-0.15, -0.1) is 16.4 Å². The van der Waals surface area contributed by atoms with E-state index in [4.69, 9.17) is 0 Å². The van der Waals surface area contributed by atoms with Crippen molar-refractivity contribution in [3.8, 4) is 0 Å². The minimum Gasteiger partial charge on any atom is -0.508 e. The fourth-order valence-electron chi connectivity index (χ4n) is 6.10. The Balaban J connectivity index is 1.97. The molecular weight excluding hydrogens is 385 g/mol. The Kier molecular flexibility index (Phi) is 5.32. The molecule has 0 saturated carbocycles. The number of hydrogen-bond acceptors (Lipinski definition) is 0. The summed E-state index contributed by atoms with van der Waals surface area (Å²) in [5, 5.41) is 0. The number of quaternary nitrogens is 1. The van der Waals surface area contributed by atoms with Crippen molar-refractivity contribution in [3.05, 3.63) is 132 Å². The van der Waals surface area contributed by atoms with Gasteiger partial charge in [-0.25, -0.2) is 0 Å². The highest BCUT2D eigenvalue weighted by Crippen LogP contribution is 2.43. The van der Waals surface area contributed by atoms with Gasteiger partial charge in [0.25, 0.3) is 6.28 Å². The first-order valence-electron chi connectivity index (χ1n) is 11.6. The normalized spacial score (nSPS) is 17.2. The van der Waals surface area contributed by atoms with Crippen molar-refractivity contribution in [2.75, 3.05) is 20.6 Å². The molecule has 0 saturated heterocycles. The van der Waals surface area contributed by atoms with Crippen LogP contribution in [-0.4, -0.2) is 31.3 Å². The number of rotatable bonds is 4. The lowest BCUT2D eigenvalue weighted by molar-refractivity contribution is -0.786. The minimum atomic E-state index is -1.29. The van der Waals surface area contributed by atoms with Gasteiger partial charge in [-0.2, -0.15) is 0 Å². The topological polar surface area (TPSA) is 0 Å². The molecule has 1 aliphatic heterocycles. The van der Waals surface area contributed by atoms with E-state index in [0.29, 0.717) is 0 Å². The Hall–Kier alpha value is -3.36. The Bertz CT molecular complexity index is 1170. The third kappa shape index (κ3) is 3.23. The highest BCUT2D eigenvalue weighted by molar-refractivity contribution is 7.11. The fourth-order valence-corrected chi connectivity index (χ4v) is 6.10. The van der Waals surface area contributed by atoms with E-state index in [1.165, 1.54) is 33.1 Å². The summed E-state index contributed by atoms with van der Waals surface area (Å²) in [6.45, 7) is 1.09. The summed E-state index contributed by atoms with van der Waals surface area (Å²) in [7, 11) is 4.84. The second-order valence-corrected chi connectivity index (χ2v) is 9.52. The first-order chi connectivity index (χ1) is 15.6. The zero-order chi connectivity index (χ0) is 22.0. The molecule has 0 aliphatic carbocycles. The Labute approximate surface area is 192 Å². The van der Waals surface area contributed by atoms with E-state index in [2.05, 4.69) is 135 Å². The molecule has 0 N–H and O–H groups in total. The van der Waals surface area contributed by atoms with Crippen LogP contribution in [0.5, 0.6) is 0 Å². The maximum absolute atomic E-state index is 2.42. The molecule has 0 amide bonds. The summed E-state index contributed by atoms with van der Waals surface area (Å²) >= 11 is 0. The minimum absolute atomic E-state index is 0.925. The average Bonchev–Trinajstić information content (AvgIpc) is 2.85. The molecule has 0 spiro atoms. The van der Waals surface area contributed by atoms with Crippen molar-refractivity contribution < 1.29 is 4.39 Å². The van der Waals surface area contributed by atoms with Gasteiger partial charge in [0.1, 0.15) is 0 Å². The second kappa shape index (κ2) is 8.29. The van der Waals surface area contributed by atoms with Crippen molar-refractivity contribution in [1.29, 1.82) is 0 Å². The van der Waals surface area contributed by atoms with Gasteiger partial charge in [0.05, 0.1) is 0 Å². The Morgan fingerprint density at radius 2 is 0.938 bits per heavy atom. The third-order valence-corrected chi connectivity index (χ3v) is 7.50. The fraction of sp³-hybridized carbons (Fsp3) is 0.133. The zero-order valence-corrected chi connectivity index (χ0v) is 19.0. The van der Waals surface area contributed by atoms with Crippen molar-refractivity contribution in [2.45, 2.75) is 6.42 Å². The summed E-state index contributed by atoms with van der Waals surface area (Å²) in [6.07, 6.45) is -0.227. The molecule has 4 aromatic carbocycles. The second-order valence-electron chi connectivity index (χ2n) is 9.52. The molecule has 1 aliphatic rings. The molecule has 1 nitrogen and oxygen atoms in total. The maximum Gasteiger partial charge on any atom is 0.291 e. The van der Waals surface area contributed by atoms with Crippen LogP contribution in [0.25, 0.3) is 11.0 Å². The number of benzene rings is 4. The van der Waals surface area contributed by atoms with Gasteiger partial charge in [0.2, 0.25) is 0 Å². The summed E-state index contributed by atoms with van der Waals surface area (Å²) in [5.74, 6) is 0. The van der Waals surface area contributed by atoms with Crippen molar-refractivity contribution in [1.82, 2.24) is 0 Å². The first kappa shape index (κ1) is 20.5. The maximum atomic E-state index is 2.42. The van der Waals surface area contributed by atoms with Gasteiger partial charge in [-0.05, 0) is 5.56 Å². The van der Waals surface area contributed by atoms with E-state index in [-0.39, 0.29) is 0 Å². The standard InChI is InChI=1S/C30H30BN/c1-32(2)24-23-29(25-15-7-3-8-16-25)30(26-17-9-4-10-18-26)31(32,27-19-11-5-12-20-27)28-21-13-6-14-22-28/h3-22H,23-24H2,1-2H3. The lowest BCUT2D eigenvalue weighted by atomic mass is 9.19. The molecule has 0 unspecified atom stereocenters. The van der Waals surface area contributed by atoms with Crippen LogP contribution in [0.4, 0.5) is 0 Å². The summed E-state index contributed by atoms with van der Waals surface area (Å²) in [5.41, 5.74) is 8.41.